The van der Waals surface area contributed by atoms with Crippen LogP contribution in [0.5, 0.6) is 11.5 Å². The van der Waals surface area contributed by atoms with Gasteiger partial charge in [-0.15, -0.1) is 20.2 Å². The maximum absolute atomic E-state index is 11.7. The number of ether oxygens (including phenoxy) is 2. The summed E-state index contributed by atoms with van der Waals surface area (Å²) >= 11 is 0. The number of hydrogen-bond acceptors (Lipinski definition) is 10. The molecule has 1 rings (SSSR count). The Hall–Kier alpha value is -3.57. The molecule has 0 aliphatic carbocycles. The zero-order valence-electron chi connectivity index (χ0n) is 18.4. The predicted molar refractivity (Wildman–Crippen MR) is 116 cm³/mol. The Balaban J connectivity index is 2.18. The highest BCUT2D eigenvalue weighted by molar-refractivity contribution is 5.87. The van der Waals surface area contributed by atoms with Crippen LogP contribution in [0.1, 0.15) is 56.9 Å². The van der Waals surface area contributed by atoms with E-state index in [2.05, 4.69) is 9.68 Å². The fourth-order valence-electron chi connectivity index (χ4n) is 2.72. The molecule has 0 bridgehead atoms. The zero-order valence-corrected chi connectivity index (χ0v) is 18.4. The molecule has 0 saturated carbocycles. The summed E-state index contributed by atoms with van der Waals surface area (Å²) in [5.41, 5.74) is 0.605. The molecule has 0 amide bonds. The number of phenolic OH excluding ortho intramolecular Hbond substituents is 1. The summed E-state index contributed by atoms with van der Waals surface area (Å²) in [4.78, 5) is 40.2. The molecular formula is C21H30N2O10. The fourth-order valence-corrected chi connectivity index (χ4v) is 2.72. The van der Waals surface area contributed by atoms with Gasteiger partial charge in [0, 0.05) is 6.08 Å². The van der Waals surface area contributed by atoms with Crippen LogP contribution < -0.4 is 4.74 Å². The van der Waals surface area contributed by atoms with Crippen LogP contribution in [0.4, 0.5) is 0 Å². The van der Waals surface area contributed by atoms with Crippen molar-refractivity contribution in [3.05, 3.63) is 50.1 Å². The van der Waals surface area contributed by atoms with Crippen LogP contribution >= 0.6 is 0 Å². The van der Waals surface area contributed by atoms with Gasteiger partial charge in [-0.2, -0.15) is 0 Å². The summed E-state index contributed by atoms with van der Waals surface area (Å²) in [7, 11) is 0. The van der Waals surface area contributed by atoms with Crippen LogP contribution in [0.2, 0.25) is 0 Å². The predicted octanol–water partition coefficient (Wildman–Crippen LogP) is 3.86. The second-order valence-electron chi connectivity index (χ2n) is 7.02. The number of benzene rings is 1. The molecule has 0 aromatic heterocycles. The van der Waals surface area contributed by atoms with Crippen molar-refractivity contribution in [3.8, 4) is 11.5 Å². The molecule has 12 heteroatoms. The lowest BCUT2D eigenvalue weighted by molar-refractivity contribution is -0.757. The molecule has 33 heavy (non-hydrogen) atoms. The zero-order chi connectivity index (χ0) is 24.3. The maximum Gasteiger partial charge on any atom is 0.330 e. The lowest BCUT2D eigenvalue weighted by Gasteiger charge is -2.08. The number of carbonyl (C=O) groups excluding carboxylic acids is 1. The smallest absolute Gasteiger partial charge is 0.330 e. The third-order valence-corrected chi connectivity index (χ3v) is 4.37. The molecule has 1 aromatic carbocycles. The molecule has 184 valence electrons. The van der Waals surface area contributed by atoms with Gasteiger partial charge in [-0.05, 0) is 55.9 Å². The first-order chi connectivity index (χ1) is 15.9. The largest absolute Gasteiger partial charge is 0.504 e. The van der Waals surface area contributed by atoms with Gasteiger partial charge in [-0.3, -0.25) is 0 Å². The number of aromatic hydroxyl groups is 1. The Bertz CT molecular complexity index is 769. The number of rotatable bonds is 19. The van der Waals surface area contributed by atoms with Crippen molar-refractivity contribution in [1.29, 1.82) is 0 Å². The van der Waals surface area contributed by atoms with E-state index in [0.29, 0.717) is 37.2 Å². The quantitative estimate of drug-likeness (QED) is 0.103. The topological polar surface area (TPSA) is 161 Å². The Kier molecular flexibility index (Phi) is 14.2. The Labute approximate surface area is 191 Å². The molecule has 0 saturated heterocycles. The minimum absolute atomic E-state index is 0.0500. The van der Waals surface area contributed by atoms with E-state index < -0.39 is 16.1 Å². The van der Waals surface area contributed by atoms with E-state index in [-0.39, 0.29) is 25.6 Å². The lowest BCUT2D eigenvalue weighted by atomic mass is 10.2. The maximum atomic E-state index is 11.7. The monoisotopic (exact) mass is 470 g/mol. The first-order valence-corrected chi connectivity index (χ1v) is 10.7. The van der Waals surface area contributed by atoms with Crippen molar-refractivity contribution >= 4 is 12.0 Å². The number of nitrogens with zero attached hydrogens (tertiary/aromatic N) is 2. The summed E-state index contributed by atoms with van der Waals surface area (Å²) in [6, 6.07) is 4.77. The molecule has 12 nitrogen and oxygen atoms in total. The van der Waals surface area contributed by atoms with Gasteiger partial charge in [0.15, 0.2) is 11.5 Å². The minimum Gasteiger partial charge on any atom is -0.504 e. The Morgan fingerprint density at radius 2 is 1.39 bits per heavy atom. The van der Waals surface area contributed by atoms with Gasteiger partial charge in [0.2, 0.25) is 0 Å². The number of hydrogen-bond donors (Lipinski definition) is 1. The normalized spacial score (nSPS) is 10.7. The number of carbonyl (C=O) groups is 1. The molecule has 0 unspecified atom stereocenters. The number of phenols is 1. The molecule has 0 aliphatic heterocycles. The molecule has 0 fully saturated rings. The molecule has 0 spiro atoms. The van der Waals surface area contributed by atoms with Crippen LogP contribution in [0.15, 0.2) is 24.3 Å². The van der Waals surface area contributed by atoms with Crippen molar-refractivity contribution in [3.63, 3.8) is 0 Å². The number of unbranched alkanes of at least 4 members (excludes halogenated alkanes) is 6. The first-order valence-electron chi connectivity index (χ1n) is 10.7. The van der Waals surface area contributed by atoms with Gasteiger partial charge in [0.05, 0.1) is 26.4 Å². The summed E-state index contributed by atoms with van der Waals surface area (Å²) in [5, 5.41) is 28.5. The van der Waals surface area contributed by atoms with Crippen molar-refractivity contribution < 1.29 is 39.2 Å². The van der Waals surface area contributed by atoms with Crippen LogP contribution in [0.25, 0.3) is 6.08 Å². The van der Waals surface area contributed by atoms with Crippen LogP contribution in [-0.4, -0.2) is 47.7 Å². The molecule has 1 aromatic rings. The van der Waals surface area contributed by atoms with E-state index in [1.165, 1.54) is 18.2 Å². The van der Waals surface area contributed by atoms with E-state index in [4.69, 9.17) is 9.47 Å². The lowest BCUT2D eigenvalue weighted by Crippen LogP contribution is -2.03. The van der Waals surface area contributed by atoms with E-state index in [9.17, 15) is 30.1 Å². The summed E-state index contributed by atoms with van der Waals surface area (Å²) in [5.74, 6) is -0.226. The van der Waals surface area contributed by atoms with Gasteiger partial charge >= 0.3 is 5.97 Å². The first kappa shape index (κ1) is 27.5. The summed E-state index contributed by atoms with van der Waals surface area (Å²) in [6.07, 6.45) is 8.45. The Morgan fingerprint density at radius 3 is 1.94 bits per heavy atom. The molecule has 0 radical (unpaired) electrons. The van der Waals surface area contributed by atoms with Crippen molar-refractivity contribution in [2.75, 3.05) is 26.4 Å². The molecular weight excluding hydrogens is 440 g/mol. The van der Waals surface area contributed by atoms with Crippen LogP contribution in [0, 0.1) is 20.2 Å². The van der Waals surface area contributed by atoms with Gasteiger partial charge in [0.25, 0.3) is 10.2 Å². The summed E-state index contributed by atoms with van der Waals surface area (Å²) < 4.78 is 10.6. The van der Waals surface area contributed by atoms with E-state index in [1.54, 1.807) is 12.1 Å². The minimum atomic E-state index is -0.819. The summed E-state index contributed by atoms with van der Waals surface area (Å²) in [6.45, 7) is 0.796. The SMILES string of the molecule is O=C(/C=C/c1ccc(OCCCCCCO[N+](=O)[O-])c(O)c1)OCCCCCCO[N+](=O)[O-]. The van der Waals surface area contributed by atoms with Crippen LogP contribution in [-0.2, 0) is 19.2 Å². The number of esters is 1. The molecule has 0 aliphatic rings. The van der Waals surface area contributed by atoms with Crippen molar-refractivity contribution in [2.24, 2.45) is 0 Å². The van der Waals surface area contributed by atoms with Crippen molar-refractivity contribution in [1.82, 2.24) is 0 Å². The van der Waals surface area contributed by atoms with Gasteiger partial charge in [-0.1, -0.05) is 25.3 Å². The highest BCUT2D eigenvalue weighted by Crippen LogP contribution is 2.27. The van der Waals surface area contributed by atoms with Gasteiger partial charge in [-0.25, -0.2) is 4.79 Å². The third-order valence-electron chi connectivity index (χ3n) is 4.37. The second-order valence-corrected chi connectivity index (χ2v) is 7.02. The van der Waals surface area contributed by atoms with E-state index in [0.717, 1.165) is 32.1 Å². The standard InChI is InChI=1S/C21H30N2O10/c24-19-17-18(9-11-20(19)30-13-5-1-3-7-15-32-22(26)27)10-12-21(25)31-14-6-2-4-8-16-33-23(28)29/h9-12,17,24H,1-8,13-16H2/b12-10+. The molecule has 0 atom stereocenters. The second kappa shape index (κ2) is 17.0. The molecule has 0 heterocycles. The Morgan fingerprint density at radius 1 is 0.848 bits per heavy atom. The van der Waals surface area contributed by atoms with Crippen molar-refractivity contribution in [2.45, 2.75) is 51.4 Å². The van der Waals surface area contributed by atoms with Gasteiger partial charge in [0.1, 0.15) is 0 Å². The average molecular weight is 470 g/mol. The van der Waals surface area contributed by atoms with E-state index >= 15 is 0 Å². The average Bonchev–Trinajstić information content (AvgIpc) is 2.76. The fraction of sp³-hybridized carbons (Fsp3) is 0.571. The van der Waals surface area contributed by atoms with E-state index in [1.807, 2.05) is 0 Å². The van der Waals surface area contributed by atoms with Crippen LogP contribution in [0.3, 0.4) is 0 Å². The van der Waals surface area contributed by atoms with Gasteiger partial charge < -0.3 is 24.3 Å². The highest BCUT2D eigenvalue weighted by Gasteiger charge is 2.04. The third kappa shape index (κ3) is 15.0. The highest BCUT2D eigenvalue weighted by atomic mass is 17.0. The molecule has 1 N–H and O–H groups in total.